The van der Waals surface area contributed by atoms with Gasteiger partial charge in [0, 0.05) is 19.5 Å². The molecule has 0 saturated heterocycles. The van der Waals surface area contributed by atoms with Crippen LogP contribution < -0.4 is 11.1 Å². The van der Waals surface area contributed by atoms with E-state index in [0.29, 0.717) is 19.5 Å². The van der Waals surface area contributed by atoms with E-state index in [1.807, 2.05) is 0 Å². The highest BCUT2D eigenvalue weighted by molar-refractivity contribution is 5.73. The number of aliphatic hydroxyl groups is 1. The van der Waals surface area contributed by atoms with Crippen LogP contribution in [0.15, 0.2) is 0 Å². The van der Waals surface area contributed by atoms with Crippen molar-refractivity contribution < 1.29 is 9.90 Å². The predicted molar refractivity (Wildman–Crippen MR) is 38.4 cm³/mol. The SMILES string of the molecule is C[C@@H](O)CNCCC(N)=O. The molecule has 0 fully saturated rings. The van der Waals surface area contributed by atoms with E-state index in [0.717, 1.165) is 0 Å². The van der Waals surface area contributed by atoms with Gasteiger partial charge in [-0.05, 0) is 6.92 Å². The molecule has 0 rings (SSSR count). The fraction of sp³-hybridized carbons (Fsp3) is 0.833. The molecule has 4 heteroatoms. The molecule has 1 atom stereocenters. The maximum Gasteiger partial charge on any atom is 0.218 e. The maximum absolute atomic E-state index is 10.2. The molecule has 0 aromatic carbocycles. The topological polar surface area (TPSA) is 75.3 Å². The fourth-order valence-corrected chi connectivity index (χ4v) is 0.523. The molecule has 0 aliphatic carbocycles. The maximum atomic E-state index is 10.2. The molecule has 0 unspecified atom stereocenters. The van der Waals surface area contributed by atoms with Crippen molar-refractivity contribution in [3.63, 3.8) is 0 Å². The zero-order valence-corrected chi connectivity index (χ0v) is 6.13. The Morgan fingerprint density at radius 2 is 2.40 bits per heavy atom. The molecule has 0 aromatic heterocycles. The average molecular weight is 146 g/mol. The van der Waals surface area contributed by atoms with Gasteiger partial charge in [-0.15, -0.1) is 0 Å². The molecule has 10 heavy (non-hydrogen) atoms. The van der Waals surface area contributed by atoms with E-state index in [-0.39, 0.29) is 12.0 Å². The second kappa shape index (κ2) is 5.20. The van der Waals surface area contributed by atoms with Gasteiger partial charge in [-0.25, -0.2) is 0 Å². The molecular weight excluding hydrogens is 132 g/mol. The number of primary amides is 1. The first kappa shape index (κ1) is 9.39. The molecule has 0 saturated carbocycles. The minimum atomic E-state index is -0.368. The molecule has 0 aromatic rings. The van der Waals surface area contributed by atoms with Gasteiger partial charge in [-0.3, -0.25) is 4.79 Å². The number of rotatable bonds is 5. The summed E-state index contributed by atoms with van der Waals surface area (Å²) in [6.45, 7) is 2.73. The minimum Gasteiger partial charge on any atom is -0.392 e. The van der Waals surface area contributed by atoms with Crippen molar-refractivity contribution in [2.45, 2.75) is 19.4 Å². The number of carbonyl (C=O) groups excluding carboxylic acids is 1. The zero-order valence-electron chi connectivity index (χ0n) is 6.13. The van der Waals surface area contributed by atoms with Crippen LogP contribution in [-0.4, -0.2) is 30.2 Å². The van der Waals surface area contributed by atoms with Gasteiger partial charge in [0.25, 0.3) is 0 Å². The van der Waals surface area contributed by atoms with E-state index >= 15 is 0 Å². The highest BCUT2D eigenvalue weighted by atomic mass is 16.3. The molecule has 0 bridgehead atoms. The molecule has 0 aliphatic rings. The van der Waals surface area contributed by atoms with Gasteiger partial charge in [0.05, 0.1) is 6.10 Å². The number of amides is 1. The molecule has 4 nitrogen and oxygen atoms in total. The molecule has 0 heterocycles. The summed E-state index contributed by atoms with van der Waals surface area (Å²) in [6.07, 6.45) is -0.0416. The molecule has 0 spiro atoms. The first-order chi connectivity index (χ1) is 4.63. The van der Waals surface area contributed by atoms with Crippen molar-refractivity contribution in [2.75, 3.05) is 13.1 Å². The van der Waals surface area contributed by atoms with Crippen LogP contribution in [0, 0.1) is 0 Å². The first-order valence-electron chi connectivity index (χ1n) is 3.30. The lowest BCUT2D eigenvalue weighted by Gasteiger charge is -2.04. The van der Waals surface area contributed by atoms with E-state index in [4.69, 9.17) is 10.8 Å². The lowest BCUT2D eigenvalue weighted by atomic mass is 10.3. The molecule has 60 valence electrons. The van der Waals surface area contributed by atoms with Crippen LogP contribution >= 0.6 is 0 Å². The summed E-state index contributed by atoms with van der Waals surface area (Å²) >= 11 is 0. The summed E-state index contributed by atoms with van der Waals surface area (Å²) in [6, 6.07) is 0. The standard InChI is InChI=1S/C6H14N2O2/c1-5(9)4-8-3-2-6(7)10/h5,8-9H,2-4H2,1H3,(H2,7,10)/t5-/m1/s1. The van der Waals surface area contributed by atoms with Gasteiger partial charge in [0.2, 0.25) is 5.91 Å². The molecular formula is C6H14N2O2. The van der Waals surface area contributed by atoms with Gasteiger partial charge >= 0.3 is 0 Å². The van der Waals surface area contributed by atoms with Crippen molar-refractivity contribution in [3.05, 3.63) is 0 Å². The smallest absolute Gasteiger partial charge is 0.218 e. The number of hydrogen-bond donors (Lipinski definition) is 3. The highest BCUT2D eigenvalue weighted by Crippen LogP contribution is 1.76. The van der Waals surface area contributed by atoms with Crippen molar-refractivity contribution in [2.24, 2.45) is 5.73 Å². The Kier molecular flexibility index (Phi) is 4.88. The second-order valence-electron chi connectivity index (χ2n) is 2.27. The highest BCUT2D eigenvalue weighted by Gasteiger charge is 1.95. The quantitative estimate of drug-likeness (QED) is 0.428. The lowest BCUT2D eigenvalue weighted by molar-refractivity contribution is -0.117. The third-order valence-electron chi connectivity index (χ3n) is 0.988. The van der Waals surface area contributed by atoms with Crippen molar-refractivity contribution in [1.29, 1.82) is 0 Å². The minimum absolute atomic E-state index is 0.321. The Morgan fingerprint density at radius 3 is 2.80 bits per heavy atom. The van der Waals surface area contributed by atoms with Crippen molar-refractivity contribution in [3.8, 4) is 0 Å². The van der Waals surface area contributed by atoms with Gasteiger partial charge in [0.1, 0.15) is 0 Å². The van der Waals surface area contributed by atoms with Gasteiger partial charge < -0.3 is 16.2 Å². The van der Waals surface area contributed by atoms with Gasteiger partial charge in [0.15, 0.2) is 0 Å². The predicted octanol–water partition coefficient (Wildman–Crippen LogP) is -1.17. The summed E-state index contributed by atoms with van der Waals surface area (Å²) < 4.78 is 0. The van der Waals surface area contributed by atoms with Gasteiger partial charge in [-0.1, -0.05) is 0 Å². The van der Waals surface area contributed by atoms with Crippen LogP contribution in [0.1, 0.15) is 13.3 Å². The fourth-order valence-electron chi connectivity index (χ4n) is 0.523. The number of nitrogens with one attached hydrogen (secondary N) is 1. The average Bonchev–Trinajstić information content (AvgIpc) is 1.79. The molecule has 0 aliphatic heterocycles. The Balaban J connectivity index is 2.98. The third kappa shape index (κ3) is 7.39. The number of nitrogens with two attached hydrogens (primary N) is 1. The van der Waals surface area contributed by atoms with Crippen molar-refractivity contribution in [1.82, 2.24) is 5.32 Å². The van der Waals surface area contributed by atoms with E-state index in [9.17, 15) is 4.79 Å². The Morgan fingerprint density at radius 1 is 1.80 bits per heavy atom. The van der Waals surface area contributed by atoms with Crippen LogP contribution in [0.2, 0.25) is 0 Å². The van der Waals surface area contributed by atoms with E-state index < -0.39 is 0 Å². The number of carbonyl (C=O) groups is 1. The molecule has 4 N–H and O–H groups in total. The number of hydrogen-bond acceptors (Lipinski definition) is 3. The normalized spacial score (nSPS) is 13.0. The van der Waals surface area contributed by atoms with Crippen LogP contribution in [0.3, 0.4) is 0 Å². The second-order valence-corrected chi connectivity index (χ2v) is 2.27. The van der Waals surface area contributed by atoms with Crippen LogP contribution in [0.5, 0.6) is 0 Å². The summed E-state index contributed by atoms with van der Waals surface area (Å²) in [5.74, 6) is -0.321. The van der Waals surface area contributed by atoms with E-state index in [1.165, 1.54) is 0 Å². The lowest BCUT2D eigenvalue weighted by Crippen LogP contribution is -2.28. The third-order valence-corrected chi connectivity index (χ3v) is 0.988. The van der Waals surface area contributed by atoms with E-state index in [1.54, 1.807) is 6.92 Å². The Bertz CT molecular complexity index is 104. The Labute approximate surface area is 60.4 Å². The number of aliphatic hydroxyl groups excluding tert-OH is 1. The van der Waals surface area contributed by atoms with E-state index in [2.05, 4.69) is 5.32 Å². The van der Waals surface area contributed by atoms with Crippen LogP contribution in [-0.2, 0) is 4.79 Å². The summed E-state index contributed by atoms with van der Waals surface area (Å²) in [5.41, 5.74) is 4.87. The first-order valence-corrected chi connectivity index (χ1v) is 3.30. The summed E-state index contributed by atoms with van der Waals surface area (Å²) in [4.78, 5) is 10.2. The van der Waals surface area contributed by atoms with Crippen LogP contribution in [0.4, 0.5) is 0 Å². The van der Waals surface area contributed by atoms with Crippen molar-refractivity contribution >= 4 is 5.91 Å². The summed E-state index contributed by atoms with van der Waals surface area (Å²) in [5, 5.41) is 11.6. The van der Waals surface area contributed by atoms with Crippen LogP contribution in [0.25, 0.3) is 0 Å². The molecule has 0 radical (unpaired) electrons. The summed E-state index contributed by atoms with van der Waals surface area (Å²) in [7, 11) is 0. The zero-order chi connectivity index (χ0) is 7.98. The molecule has 1 amide bonds. The largest absolute Gasteiger partial charge is 0.392 e. The Hall–Kier alpha value is -0.610. The monoisotopic (exact) mass is 146 g/mol. The van der Waals surface area contributed by atoms with Gasteiger partial charge in [-0.2, -0.15) is 0 Å².